The minimum absolute atomic E-state index is 0.625. The highest BCUT2D eigenvalue weighted by molar-refractivity contribution is 5.44. The van der Waals surface area contributed by atoms with Crippen LogP contribution in [0.25, 0.3) is 0 Å². The van der Waals surface area contributed by atoms with Crippen LogP contribution in [0.2, 0.25) is 0 Å². The summed E-state index contributed by atoms with van der Waals surface area (Å²) >= 11 is 0. The highest BCUT2D eigenvalue weighted by Gasteiger charge is 1.43. The molecule has 0 bridgehead atoms. The van der Waals surface area contributed by atoms with Crippen molar-refractivity contribution in [2.75, 3.05) is 14.1 Å². The normalized spacial score (nSPS) is 5.57. The lowest BCUT2D eigenvalue weighted by atomic mass is 11.2. The van der Waals surface area contributed by atoms with E-state index in [2.05, 4.69) is 5.32 Å². The summed E-state index contributed by atoms with van der Waals surface area (Å²) in [4.78, 5) is 9.06. The lowest BCUT2D eigenvalue weighted by Gasteiger charge is -1.64. The topological polar surface area (TPSA) is 61.4 Å². The van der Waals surface area contributed by atoms with E-state index in [9.17, 15) is 0 Å². The molecule has 0 aromatic heterocycles. The molecule has 7 heavy (non-hydrogen) atoms. The van der Waals surface area contributed by atoms with Gasteiger partial charge in [-0.3, -0.25) is 4.79 Å². The molecule has 0 aliphatic carbocycles. The summed E-state index contributed by atoms with van der Waals surface area (Å²) in [5.41, 5.74) is 1.75. The van der Waals surface area contributed by atoms with Crippen molar-refractivity contribution in [1.82, 2.24) is 10.8 Å². The van der Waals surface area contributed by atoms with Crippen molar-refractivity contribution in [2.24, 2.45) is 0 Å². The van der Waals surface area contributed by atoms with E-state index < -0.39 is 0 Å². The first-order valence-corrected chi connectivity index (χ1v) is 1.75. The molecule has 0 atom stereocenters. The highest BCUT2D eigenvalue weighted by atomic mass is 16.5. The van der Waals surface area contributed by atoms with Crippen LogP contribution in [0.1, 0.15) is 0 Å². The summed E-state index contributed by atoms with van der Waals surface area (Å²) in [7, 11) is 2.99. The Balaban J connectivity index is 0. The fraction of sp³-hybridized carbons (Fsp3) is 0.667. The molecule has 0 aromatic carbocycles. The number of hydrogen-bond acceptors (Lipinski definition) is 3. The molecule has 4 nitrogen and oxygen atoms in total. The van der Waals surface area contributed by atoms with E-state index in [-0.39, 0.29) is 0 Å². The van der Waals surface area contributed by atoms with Crippen LogP contribution in [0.5, 0.6) is 0 Å². The molecule has 3 N–H and O–H groups in total. The predicted molar refractivity (Wildman–Crippen MR) is 26.0 cm³/mol. The third-order valence-electron chi connectivity index (χ3n) is 0.118. The Morgan fingerprint density at radius 1 is 1.57 bits per heavy atom. The molecule has 0 saturated heterocycles. The lowest BCUT2D eigenvalue weighted by molar-refractivity contribution is -0.109. The lowest BCUT2D eigenvalue weighted by Crippen LogP contribution is -1.98. The molecule has 0 rings (SSSR count). The van der Waals surface area contributed by atoms with Crippen LogP contribution in [-0.4, -0.2) is 25.7 Å². The zero-order valence-electron chi connectivity index (χ0n) is 4.43. The van der Waals surface area contributed by atoms with E-state index in [1.165, 1.54) is 7.05 Å². The molecule has 0 saturated carbocycles. The molecular weight excluding hydrogens is 96.0 g/mol. The zero-order valence-corrected chi connectivity index (χ0v) is 4.43. The first-order chi connectivity index (χ1) is 3.33. The fourth-order valence-electron chi connectivity index (χ4n) is 0. The second-order valence-electron chi connectivity index (χ2n) is 0.630. The average Bonchev–Trinajstić information content (AvgIpc) is 1.69. The number of rotatable bonds is 1. The number of nitrogens with one attached hydrogen (secondary N) is 2. The number of carbonyl (C=O) groups excluding carboxylic acids is 1. The number of amides is 1. The van der Waals surface area contributed by atoms with E-state index in [4.69, 9.17) is 10.0 Å². The smallest absolute Gasteiger partial charge is 0.206 e. The molecule has 44 valence electrons. The van der Waals surface area contributed by atoms with E-state index in [0.717, 1.165) is 0 Å². The van der Waals surface area contributed by atoms with Gasteiger partial charge < -0.3 is 10.5 Å². The van der Waals surface area contributed by atoms with Gasteiger partial charge in [-0.2, -0.15) is 0 Å². The van der Waals surface area contributed by atoms with Gasteiger partial charge in [0.25, 0.3) is 0 Å². The van der Waals surface area contributed by atoms with Crippen molar-refractivity contribution in [3.05, 3.63) is 0 Å². The Hall–Kier alpha value is -0.610. The summed E-state index contributed by atoms with van der Waals surface area (Å²) in [5.74, 6) is 0. The molecule has 4 heteroatoms. The molecule has 0 fully saturated rings. The molecule has 0 unspecified atom stereocenters. The number of hydroxylamine groups is 1. The minimum atomic E-state index is 0.625. The van der Waals surface area contributed by atoms with Gasteiger partial charge in [0.1, 0.15) is 0 Å². The first kappa shape index (κ1) is 9.63. The van der Waals surface area contributed by atoms with Crippen molar-refractivity contribution in [2.45, 2.75) is 0 Å². The maximum atomic E-state index is 9.06. The summed E-state index contributed by atoms with van der Waals surface area (Å²) in [5, 5.41) is 9.57. The summed E-state index contributed by atoms with van der Waals surface area (Å²) in [6.07, 6.45) is 0.625. The van der Waals surface area contributed by atoms with Crippen LogP contribution in [0.4, 0.5) is 0 Å². The third kappa shape index (κ3) is 407. The molecule has 0 heterocycles. The fourth-order valence-corrected chi connectivity index (χ4v) is 0. The van der Waals surface area contributed by atoms with E-state index in [1.807, 2.05) is 0 Å². The molecule has 1 amide bonds. The quantitative estimate of drug-likeness (QED) is 0.295. The van der Waals surface area contributed by atoms with Gasteiger partial charge in [-0.25, -0.2) is 5.48 Å². The predicted octanol–water partition coefficient (Wildman–Crippen LogP) is -1.04. The summed E-state index contributed by atoms with van der Waals surface area (Å²) < 4.78 is 0. The van der Waals surface area contributed by atoms with Gasteiger partial charge in [-0.05, 0) is 0 Å². The second kappa shape index (κ2) is 18.2. The largest absolute Gasteiger partial charge is 0.362 e. The van der Waals surface area contributed by atoms with Gasteiger partial charge in [0, 0.05) is 14.1 Å². The van der Waals surface area contributed by atoms with Gasteiger partial charge in [-0.15, -0.1) is 0 Å². The summed E-state index contributed by atoms with van der Waals surface area (Å²) in [6, 6.07) is 0. The van der Waals surface area contributed by atoms with Crippen molar-refractivity contribution >= 4 is 6.41 Å². The first-order valence-electron chi connectivity index (χ1n) is 1.75. The van der Waals surface area contributed by atoms with Crippen molar-refractivity contribution < 1.29 is 10.0 Å². The van der Waals surface area contributed by atoms with Crippen molar-refractivity contribution in [3.63, 3.8) is 0 Å². The molecular formula is C3H10N2O2. The molecule has 0 aliphatic heterocycles. The Kier molecular flexibility index (Phi) is 25.0. The van der Waals surface area contributed by atoms with Crippen LogP contribution in [0.15, 0.2) is 0 Å². The van der Waals surface area contributed by atoms with Gasteiger partial charge in [0.05, 0.1) is 0 Å². The van der Waals surface area contributed by atoms with E-state index in [0.29, 0.717) is 6.41 Å². The summed E-state index contributed by atoms with van der Waals surface area (Å²) in [6.45, 7) is 0. The van der Waals surface area contributed by atoms with Crippen LogP contribution >= 0.6 is 0 Å². The van der Waals surface area contributed by atoms with Crippen LogP contribution in [0.3, 0.4) is 0 Å². The molecule has 0 radical (unpaired) electrons. The Bertz CT molecular complexity index is 32.1. The molecule has 0 aliphatic rings. The standard InChI is InChI=1S/C2H5NO.CH5NO/c1-3-2-4;1-2-3/h2H,1H3,(H,3,4);2-3H,1H3. The molecule has 0 aromatic rings. The monoisotopic (exact) mass is 106 g/mol. The van der Waals surface area contributed by atoms with Gasteiger partial charge >= 0.3 is 0 Å². The van der Waals surface area contributed by atoms with Crippen LogP contribution in [-0.2, 0) is 4.79 Å². The Morgan fingerprint density at radius 2 is 1.71 bits per heavy atom. The van der Waals surface area contributed by atoms with Crippen molar-refractivity contribution in [1.29, 1.82) is 0 Å². The van der Waals surface area contributed by atoms with Crippen LogP contribution in [0, 0.1) is 0 Å². The zero-order chi connectivity index (χ0) is 6.12. The number of carbonyl (C=O) groups is 1. The minimum Gasteiger partial charge on any atom is -0.362 e. The van der Waals surface area contributed by atoms with Crippen LogP contribution < -0.4 is 10.8 Å². The highest BCUT2D eigenvalue weighted by Crippen LogP contribution is 1.09. The van der Waals surface area contributed by atoms with Gasteiger partial charge in [0.15, 0.2) is 0 Å². The Labute approximate surface area is 42.5 Å². The van der Waals surface area contributed by atoms with E-state index >= 15 is 0 Å². The average molecular weight is 106 g/mol. The van der Waals surface area contributed by atoms with Crippen molar-refractivity contribution in [3.8, 4) is 0 Å². The van der Waals surface area contributed by atoms with Gasteiger partial charge in [-0.1, -0.05) is 0 Å². The second-order valence-corrected chi connectivity index (χ2v) is 0.630. The number of hydrogen-bond donors (Lipinski definition) is 3. The van der Waals surface area contributed by atoms with E-state index in [1.54, 1.807) is 12.5 Å². The third-order valence-corrected chi connectivity index (χ3v) is 0.118. The van der Waals surface area contributed by atoms with Gasteiger partial charge in [0.2, 0.25) is 6.41 Å². The SMILES string of the molecule is CNC=O.CNO. The Morgan fingerprint density at radius 3 is 1.71 bits per heavy atom. The molecule has 0 spiro atoms. The maximum absolute atomic E-state index is 9.06. The maximum Gasteiger partial charge on any atom is 0.206 e.